The average molecular weight is 169 g/mol. The van der Waals surface area contributed by atoms with Crippen LogP contribution in [0.2, 0.25) is 0 Å². The van der Waals surface area contributed by atoms with Crippen LogP contribution in [0.1, 0.15) is 40.0 Å². The first-order valence-corrected chi connectivity index (χ1v) is 4.63. The zero-order valence-electron chi connectivity index (χ0n) is 8.31. The fourth-order valence-electron chi connectivity index (χ4n) is 2.18. The molecule has 0 heterocycles. The zero-order valence-corrected chi connectivity index (χ0v) is 8.31. The lowest BCUT2D eigenvalue weighted by atomic mass is 9.64. The van der Waals surface area contributed by atoms with Gasteiger partial charge in [-0.3, -0.25) is 4.79 Å². The van der Waals surface area contributed by atoms with Crippen LogP contribution < -0.4 is 5.73 Å². The van der Waals surface area contributed by atoms with Gasteiger partial charge in [0, 0.05) is 11.8 Å². The van der Waals surface area contributed by atoms with E-state index in [4.69, 9.17) is 5.73 Å². The van der Waals surface area contributed by atoms with Crippen LogP contribution in [0.3, 0.4) is 0 Å². The summed E-state index contributed by atoms with van der Waals surface area (Å²) < 4.78 is 0. The molecule has 0 radical (unpaired) electrons. The maximum atomic E-state index is 11.5. The van der Waals surface area contributed by atoms with Gasteiger partial charge < -0.3 is 5.73 Å². The monoisotopic (exact) mass is 169 g/mol. The second-order valence-electron chi connectivity index (χ2n) is 5.00. The molecule has 1 saturated carbocycles. The lowest BCUT2D eigenvalue weighted by molar-refractivity contribution is -0.132. The lowest BCUT2D eigenvalue weighted by Crippen LogP contribution is -2.41. The number of carbonyl (C=O) groups is 1. The summed E-state index contributed by atoms with van der Waals surface area (Å²) in [5, 5.41) is 0. The molecule has 0 saturated heterocycles. The van der Waals surface area contributed by atoms with Gasteiger partial charge in [0.25, 0.3) is 0 Å². The van der Waals surface area contributed by atoms with Crippen LogP contribution in [-0.4, -0.2) is 12.3 Å². The highest BCUT2D eigenvalue weighted by atomic mass is 16.1. The van der Waals surface area contributed by atoms with E-state index < -0.39 is 0 Å². The van der Waals surface area contributed by atoms with Crippen LogP contribution in [0.15, 0.2) is 0 Å². The summed E-state index contributed by atoms with van der Waals surface area (Å²) in [5.41, 5.74) is 5.74. The molecule has 1 rings (SSSR count). The summed E-state index contributed by atoms with van der Waals surface area (Å²) in [4.78, 5) is 11.5. The molecule has 0 aliphatic heterocycles. The van der Waals surface area contributed by atoms with Crippen molar-refractivity contribution in [2.24, 2.45) is 16.6 Å². The quantitative estimate of drug-likeness (QED) is 0.649. The van der Waals surface area contributed by atoms with Crippen LogP contribution >= 0.6 is 0 Å². The molecule has 0 amide bonds. The predicted octanol–water partition coefficient (Wildman–Crippen LogP) is 1.73. The second kappa shape index (κ2) is 2.84. The Morgan fingerprint density at radius 1 is 1.42 bits per heavy atom. The molecule has 1 atom stereocenters. The summed E-state index contributed by atoms with van der Waals surface area (Å²) in [5.74, 6) is 0.397. The number of hydrogen-bond donors (Lipinski definition) is 1. The van der Waals surface area contributed by atoms with E-state index in [1.165, 1.54) is 0 Å². The fourth-order valence-corrected chi connectivity index (χ4v) is 2.18. The Labute approximate surface area is 74.5 Å². The third kappa shape index (κ3) is 1.69. The van der Waals surface area contributed by atoms with Gasteiger partial charge in [-0.05, 0) is 24.8 Å². The maximum absolute atomic E-state index is 11.5. The highest BCUT2D eigenvalue weighted by Crippen LogP contribution is 2.43. The highest BCUT2D eigenvalue weighted by Gasteiger charge is 2.40. The van der Waals surface area contributed by atoms with E-state index in [-0.39, 0.29) is 10.8 Å². The van der Waals surface area contributed by atoms with Gasteiger partial charge >= 0.3 is 0 Å². The van der Waals surface area contributed by atoms with Crippen molar-refractivity contribution in [2.45, 2.75) is 40.0 Å². The molecule has 0 aromatic rings. The minimum Gasteiger partial charge on any atom is -0.330 e. The molecule has 2 heteroatoms. The Balaban J connectivity index is 2.75. The van der Waals surface area contributed by atoms with Crippen molar-refractivity contribution in [3.8, 4) is 0 Å². The van der Waals surface area contributed by atoms with Crippen molar-refractivity contribution < 1.29 is 4.79 Å². The van der Waals surface area contributed by atoms with Gasteiger partial charge in [-0.15, -0.1) is 0 Å². The second-order valence-corrected chi connectivity index (χ2v) is 5.00. The van der Waals surface area contributed by atoms with Gasteiger partial charge in [0.05, 0.1) is 0 Å². The molecule has 2 N–H and O–H groups in total. The average Bonchev–Trinajstić information content (AvgIpc) is 1.97. The Morgan fingerprint density at radius 2 is 2.00 bits per heavy atom. The first-order valence-electron chi connectivity index (χ1n) is 4.63. The molecule has 1 aliphatic rings. The summed E-state index contributed by atoms with van der Waals surface area (Å²) in [6, 6.07) is 0. The summed E-state index contributed by atoms with van der Waals surface area (Å²) in [6.45, 7) is 6.94. The van der Waals surface area contributed by atoms with Crippen LogP contribution in [0.4, 0.5) is 0 Å². The van der Waals surface area contributed by atoms with Gasteiger partial charge in [0.2, 0.25) is 0 Å². The number of hydrogen-bond acceptors (Lipinski definition) is 2. The van der Waals surface area contributed by atoms with Crippen LogP contribution in [0, 0.1) is 10.8 Å². The Hall–Kier alpha value is -0.370. The molecule has 1 unspecified atom stereocenters. The number of carbonyl (C=O) groups excluding carboxylic acids is 1. The molecule has 1 aliphatic carbocycles. The SMILES string of the molecule is CC1(CN)CCC(=O)C(C)(C)C1. The van der Waals surface area contributed by atoms with Crippen molar-refractivity contribution >= 4 is 5.78 Å². The fraction of sp³-hybridized carbons (Fsp3) is 0.900. The molecule has 0 aromatic carbocycles. The number of Topliss-reactive ketones (excluding diaryl/α,β-unsaturated/α-hetero) is 1. The Bertz CT molecular complexity index is 198. The molecule has 1 fully saturated rings. The topological polar surface area (TPSA) is 43.1 Å². The van der Waals surface area contributed by atoms with E-state index in [0.717, 1.165) is 12.8 Å². The third-order valence-corrected chi connectivity index (χ3v) is 3.07. The van der Waals surface area contributed by atoms with Crippen molar-refractivity contribution in [3.63, 3.8) is 0 Å². The smallest absolute Gasteiger partial charge is 0.138 e. The standard InChI is InChI=1S/C10H19NO/c1-9(2)6-10(3,7-11)5-4-8(9)12/h4-7,11H2,1-3H3. The first kappa shape index (κ1) is 9.72. The molecule has 0 aromatic heterocycles. The first-order chi connectivity index (χ1) is 5.40. The minimum atomic E-state index is -0.146. The Morgan fingerprint density at radius 3 is 2.42 bits per heavy atom. The van der Waals surface area contributed by atoms with E-state index in [1.54, 1.807) is 0 Å². The molecule has 2 nitrogen and oxygen atoms in total. The van der Waals surface area contributed by atoms with Gasteiger partial charge in [-0.2, -0.15) is 0 Å². The molecular weight excluding hydrogens is 150 g/mol. The molecular formula is C10H19NO. The van der Waals surface area contributed by atoms with E-state index in [1.807, 2.05) is 13.8 Å². The van der Waals surface area contributed by atoms with Crippen LogP contribution in [-0.2, 0) is 4.79 Å². The summed E-state index contributed by atoms with van der Waals surface area (Å²) in [6.07, 6.45) is 2.61. The predicted molar refractivity (Wildman–Crippen MR) is 49.8 cm³/mol. The highest BCUT2D eigenvalue weighted by molar-refractivity contribution is 5.84. The maximum Gasteiger partial charge on any atom is 0.138 e. The number of nitrogens with two attached hydrogens (primary N) is 1. The van der Waals surface area contributed by atoms with E-state index in [0.29, 0.717) is 18.7 Å². The van der Waals surface area contributed by atoms with E-state index >= 15 is 0 Å². The van der Waals surface area contributed by atoms with Gasteiger partial charge in [-0.1, -0.05) is 20.8 Å². The van der Waals surface area contributed by atoms with Crippen molar-refractivity contribution in [2.75, 3.05) is 6.54 Å². The van der Waals surface area contributed by atoms with Gasteiger partial charge in [0.1, 0.15) is 5.78 Å². The number of ketones is 1. The largest absolute Gasteiger partial charge is 0.330 e. The molecule has 70 valence electrons. The van der Waals surface area contributed by atoms with Crippen molar-refractivity contribution in [1.82, 2.24) is 0 Å². The third-order valence-electron chi connectivity index (χ3n) is 3.07. The van der Waals surface area contributed by atoms with Crippen LogP contribution in [0.5, 0.6) is 0 Å². The minimum absolute atomic E-state index is 0.146. The normalized spacial score (nSPS) is 35.2. The summed E-state index contributed by atoms with van der Waals surface area (Å²) in [7, 11) is 0. The molecule has 0 spiro atoms. The molecule has 0 bridgehead atoms. The lowest BCUT2D eigenvalue weighted by Gasteiger charge is -2.40. The molecule has 12 heavy (non-hydrogen) atoms. The van der Waals surface area contributed by atoms with Crippen molar-refractivity contribution in [1.29, 1.82) is 0 Å². The van der Waals surface area contributed by atoms with E-state index in [9.17, 15) is 4.79 Å². The summed E-state index contributed by atoms with van der Waals surface area (Å²) >= 11 is 0. The van der Waals surface area contributed by atoms with Crippen LogP contribution in [0.25, 0.3) is 0 Å². The zero-order chi connectivity index (χ0) is 9.41. The Kier molecular flexibility index (Phi) is 2.30. The van der Waals surface area contributed by atoms with E-state index in [2.05, 4.69) is 6.92 Å². The van der Waals surface area contributed by atoms with Gasteiger partial charge in [-0.25, -0.2) is 0 Å². The van der Waals surface area contributed by atoms with Crippen molar-refractivity contribution in [3.05, 3.63) is 0 Å². The van der Waals surface area contributed by atoms with Gasteiger partial charge in [0.15, 0.2) is 0 Å². The number of rotatable bonds is 1.